The van der Waals surface area contributed by atoms with Crippen LogP contribution in [0.3, 0.4) is 0 Å². The van der Waals surface area contributed by atoms with Gasteiger partial charge in [0.25, 0.3) is 21.6 Å². The van der Waals surface area contributed by atoms with Crippen LogP contribution in [0.15, 0.2) is 77.7 Å². The van der Waals surface area contributed by atoms with E-state index in [2.05, 4.69) is 10.0 Å². The van der Waals surface area contributed by atoms with Gasteiger partial charge in [0.15, 0.2) is 0 Å². The van der Waals surface area contributed by atoms with Crippen molar-refractivity contribution in [1.29, 1.82) is 0 Å². The van der Waals surface area contributed by atoms with E-state index in [1.54, 1.807) is 24.3 Å². The lowest BCUT2D eigenvalue weighted by Gasteiger charge is -2.10. The Morgan fingerprint density at radius 1 is 0.931 bits per heavy atom. The molecule has 148 valence electrons. The van der Waals surface area contributed by atoms with E-state index in [0.29, 0.717) is 11.4 Å². The summed E-state index contributed by atoms with van der Waals surface area (Å²) in [6, 6.07) is 17.9. The van der Waals surface area contributed by atoms with Crippen molar-refractivity contribution in [3.8, 4) is 0 Å². The second kappa shape index (κ2) is 8.11. The monoisotopic (exact) mass is 411 g/mol. The third kappa shape index (κ3) is 4.96. The molecule has 0 heterocycles. The van der Waals surface area contributed by atoms with Crippen molar-refractivity contribution in [2.75, 3.05) is 10.0 Å². The van der Waals surface area contributed by atoms with Crippen LogP contribution >= 0.6 is 0 Å². The molecule has 0 aliphatic heterocycles. The van der Waals surface area contributed by atoms with Gasteiger partial charge in [-0.2, -0.15) is 0 Å². The van der Waals surface area contributed by atoms with Gasteiger partial charge in [0.05, 0.1) is 9.82 Å². The van der Waals surface area contributed by atoms with Crippen molar-refractivity contribution in [2.24, 2.45) is 0 Å². The number of aryl methyl sites for hydroxylation is 1. The smallest absolute Gasteiger partial charge is 0.270 e. The quantitative estimate of drug-likeness (QED) is 0.470. The molecule has 3 aromatic carbocycles. The van der Waals surface area contributed by atoms with E-state index < -0.39 is 20.9 Å². The highest BCUT2D eigenvalue weighted by Gasteiger charge is 2.15. The molecule has 0 bridgehead atoms. The van der Waals surface area contributed by atoms with E-state index in [1.807, 2.05) is 6.92 Å². The fourth-order valence-corrected chi connectivity index (χ4v) is 3.58. The number of rotatable bonds is 6. The van der Waals surface area contributed by atoms with Crippen LogP contribution < -0.4 is 10.0 Å². The van der Waals surface area contributed by atoms with Gasteiger partial charge in [0.1, 0.15) is 0 Å². The van der Waals surface area contributed by atoms with Crippen LogP contribution in [-0.2, 0) is 10.0 Å². The van der Waals surface area contributed by atoms with E-state index >= 15 is 0 Å². The molecule has 0 unspecified atom stereocenters. The highest BCUT2D eigenvalue weighted by atomic mass is 32.2. The van der Waals surface area contributed by atoms with Crippen molar-refractivity contribution < 1.29 is 18.1 Å². The molecule has 3 aromatic rings. The number of amides is 1. The maximum Gasteiger partial charge on any atom is 0.270 e. The molecule has 9 heteroatoms. The number of anilines is 2. The molecule has 0 aliphatic rings. The molecule has 0 aromatic heterocycles. The Kier molecular flexibility index (Phi) is 5.60. The molecule has 0 saturated heterocycles. The molecule has 0 atom stereocenters. The topological polar surface area (TPSA) is 118 Å². The first-order valence-corrected chi connectivity index (χ1v) is 9.98. The first-order chi connectivity index (χ1) is 13.7. The number of benzene rings is 3. The minimum absolute atomic E-state index is 0.0337. The maximum absolute atomic E-state index is 12.5. The standard InChI is InChI=1S/C20H17N3O5S/c1-14-5-7-17(8-6-14)22-29(27,28)19-11-9-16(10-12-19)21-20(24)15-3-2-4-18(13-15)23(25)26/h2-13,22H,1H3,(H,21,24). The van der Waals surface area contributed by atoms with E-state index in [1.165, 1.54) is 48.5 Å². The highest BCUT2D eigenvalue weighted by molar-refractivity contribution is 7.92. The molecule has 8 nitrogen and oxygen atoms in total. The summed E-state index contributed by atoms with van der Waals surface area (Å²) in [5, 5.41) is 13.4. The van der Waals surface area contributed by atoms with Crippen molar-refractivity contribution in [3.63, 3.8) is 0 Å². The Morgan fingerprint density at radius 2 is 1.55 bits per heavy atom. The molecule has 0 spiro atoms. The number of nitro groups is 1. The molecule has 1 amide bonds. The Labute approximate surface area is 167 Å². The van der Waals surface area contributed by atoms with Crippen LogP contribution in [0.4, 0.5) is 17.1 Å². The summed E-state index contributed by atoms with van der Waals surface area (Å²) in [5.74, 6) is -0.540. The van der Waals surface area contributed by atoms with Gasteiger partial charge in [-0.05, 0) is 49.4 Å². The molecule has 0 fully saturated rings. The summed E-state index contributed by atoms with van der Waals surface area (Å²) < 4.78 is 27.4. The minimum Gasteiger partial charge on any atom is -0.322 e. The van der Waals surface area contributed by atoms with Gasteiger partial charge < -0.3 is 5.32 Å². The zero-order valence-electron chi connectivity index (χ0n) is 15.3. The predicted octanol–water partition coefficient (Wildman–Crippen LogP) is 3.96. The van der Waals surface area contributed by atoms with Crippen LogP contribution in [0.25, 0.3) is 0 Å². The number of nitrogens with zero attached hydrogens (tertiary/aromatic N) is 1. The number of sulfonamides is 1. The van der Waals surface area contributed by atoms with Crippen molar-refractivity contribution in [1.82, 2.24) is 0 Å². The van der Waals surface area contributed by atoms with Crippen molar-refractivity contribution >= 4 is 33.0 Å². The lowest BCUT2D eigenvalue weighted by molar-refractivity contribution is -0.384. The van der Waals surface area contributed by atoms with E-state index in [9.17, 15) is 23.3 Å². The zero-order chi connectivity index (χ0) is 21.0. The third-order valence-electron chi connectivity index (χ3n) is 4.05. The number of nitro benzene ring substituents is 1. The van der Waals surface area contributed by atoms with Crippen LogP contribution in [0.1, 0.15) is 15.9 Å². The number of nitrogens with one attached hydrogen (secondary N) is 2. The number of carbonyl (C=O) groups is 1. The average Bonchev–Trinajstić information content (AvgIpc) is 2.70. The second-order valence-electron chi connectivity index (χ2n) is 6.26. The first kappa shape index (κ1) is 20.0. The lowest BCUT2D eigenvalue weighted by atomic mass is 10.2. The minimum atomic E-state index is -3.78. The van der Waals surface area contributed by atoms with E-state index in [0.717, 1.165) is 5.56 Å². The zero-order valence-corrected chi connectivity index (χ0v) is 16.1. The van der Waals surface area contributed by atoms with Gasteiger partial charge in [0, 0.05) is 29.1 Å². The van der Waals surface area contributed by atoms with Gasteiger partial charge in [-0.1, -0.05) is 23.8 Å². The number of carbonyl (C=O) groups excluding carboxylic acids is 1. The molecule has 2 N–H and O–H groups in total. The van der Waals surface area contributed by atoms with Crippen LogP contribution in [0.5, 0.6) is 0 Å². The van der Waals surface area contributed by atoms with Crippen LogP contribution in [0.2, 0.25) is 0 Å². The first-order valence-electron chi connectivity index (χ1n) is 8.50. The van der Waals surface area contributed by atoms with Gasteiger partial charge in [-0.3, -0.25) is 19.6 Å². The van der Waals surface area contributed by atoms with E-state index in [4.69, 9.17) is 0 Å². The molecule has 29 heavy (non-hydrogen) atoms. The van der Waals surface area contributed by atoms with Gasteiger partial charge in [-0.25, -0.2) is 8.42 Å². The largest absolute Gasteiger partial charge is 0.322 e. The number of non-ortho nitro benzene ring substituents is 1. The number of hydrogen-bond donors (Lipinski definition) is 2. The third-order valence-corrected chi connectivity index (χ3v) is 5.44. The van der Waals surface area contributed by atoms with E-state index in [-0.39, 0.29) is 16.1 Å². The summed E-state index contributed by atoms with van der Waals surface area (Å²) in [6.07, 6.45) is 0. The fraction of sp³-hybridized carbons (Fsp3) is 0.0500. The Balaban J connectivity index is 1.72. The Morgan fingerprint density at radius 3 is 2.17 bits per heavy atom. The average molecular weight is 411 g/mol. The van der Waals surface area contributed by atoms with Gasteiger partial charge in [0.2, 0.25) is 0 Å². The van der Waals surface area contributed by atoms with Gasteiger partial charge >= 0.3 is 0 Å². The summed E-state index contributed by atoms with van der Waals surface area (Å²) in [6.45, 7) is 1.90. The van der Waals surface area contributed by atoms with Crippen molar-refractivity contribution in [2.45, 2.75) is 11.8 Å². The summed E-state index contributed by atoms with van der Waals surface area (Å²) >= 11 is 0. The maximum atomic E-state index is 12.5. The summed E-state index contributed by atoms with van der Waals surface area (Å²) in [4.78, 5) is 22.5. The normalized spacial score (nSPS) is 10.9. The predicted molar refractivity (Wildman–Crippen MR) is 109 cm³/mol. The SMILES string of the molecule is Cc1ccc(NS(=O)(=O)c2ccc(NC(=O)c3cccc([N+](=O)[O-])c3)cc2)cc1. The van der Waals surface area contributed by atoms with Crippen LogP contribution in [-0.4, -0.2) is 19.2 Å². The van der Waals surface area contributed by atoms with Crippen molar-refractivity contribution in [3.05, 3.63) is 94.0 Å². The summed E-state index contributed by atoms with van der Waals surface area (Å²) in [7, 11) is -3.78. The highest BCUT2D eigenvalue weighted by Crippen LogP contribution is 2.20. The molecule has 3 rings (SSSR count). The Hall–Kier alpha value is -3.72. The molecular weight excluding hydrogens is 394 g/mol. The van der Waals surface area contributed by atoms with Crippen LogP contribution in [0, 0.1) is 17.0 Å². The molecule has 0 saturated carbocycles. The molecule has 0 aliphatic carbocycles. The summed E-state index contributed by atoms with van der Waals surface area (Å²) in [5.41, 5.74) is 1.74. The molecular formula is C20H17N3O5S. The molecule has 0 radical (unpaired) electrons. The second-order valence-corrected chi connectivity index (χ2v) is 7.94. The number of hydrogen-bond acceptors (Lipinski definition) is 5. The fourth-order valence-electron chi connectivity index (χ4n) is 2.52. The Bertz CT molecular complexity index is 1160. The van der Waals surface area contributed by atoms with Gasteiger partial charge in [-0.15, -0.1) is 0 Å². The lowest BCUT2D eigenvalue weighted by Crippen LogP contribution is -2.14.